The Bertz CT molecular complexity index is 212. The first-order valence-electron chi connectivity index (χ1n) is 3.34. The van der Waals surface area contributed by atoms with E-state index in [1.165, 1.54) is 0 Å². The number of rotatable bonds is 6. The second-order valence-corrected chi connectivity index (χ2v) is 1.95. The molecule has 0 aromatic rings. The Morgan fingerprint density at radius 3 is 1.83 bits per heavy atom. The van der Waals surface area contributed by atoms with E-state index < -0.39 is 0 Å². The van der Waals surface area contributed by atoms with Gasteiger partial charge >= 0.3 is 0 Å². The molecule has 0 saturated carbocycles. The summed E-state index contributed by atoms with van der Waals surface area (Å²) in [7, 11) is 0. The Morgan fingerprint density at radius 1 is 1.08 bits per heavy atom. The molecule has 0 aliphatic heterocycles. The number of Topliss-reactive ketones (excluding diaryl/α,β-unsaturated/α-hetero) is 1. The summed E-state index contributed by atoms with van der Waals surface area (Å²) in [6.45, 7) is 0.344. The molecule has 0 heterocycles. The average molecular weight is 168 g/mol. The molecule has 0 aliphatic rings. The van der Waals surface area contributed by atoms with E-state index in [0.29, 0.717) is 0 Å². The number of carbonyl (C=O) groups is 1. The van der Waals surface area contributed by atoms with Crippen LogP contribution >= 0.6 is 0 Å². The van der Waals surface area contributed by atoms with Crippen molar-refractivity contribution in [3.8, 4) is 0 Å². The second kappa shape index (κ2) is 7.40. The van der Waals surface area contributed by atoms with Crippen molar-refractivity contribution in [3.05, 3.63) is 20.9 Å². The Kier molecular flexibility index (Phi) is 6.34. The van der Waals surface area contributed by atoms with Gasteiger partial charge in [0.2, 0.25) is 0 Å². The number of ketones is 1. The molecule has 7 nitrogen and oxygen atoms in total. The average Bonchev–Trinajstić information content (AvgIpc) is 2.06. The van der Waals surface area contributed by atoms with Crippen molar-refractivity contribution in [2.24, 2.45) is 10.2 Å². The molecule has 7 heteroatoms. The van der Waals surface area contributed by atoms with Gasteiger partial charge in [-0.3, -0.25) is 4.79 Å². The van der Waals surface area contributed by atoms with Crippen LogP contribution in [0.15, 0.2) is 10.2 Å². The molecule has 0 saturated heterocycles. The van der Waals surface area contributed by atoms with E-state index in [4.69, 9.17) is 11.1 Å². The van der Waals surface area contributed by atoms with Gasteiger partial charge in [-0.15, -0.1) is 0 Å². The fourth-order valence-electron chi connectivity index (χ4n) is 0.564. The first kappa shape index (κ1) is 10.3. The van der Waals surface area contributed by atoms with Crippen molar-refractivity contribution in [1.29, 1.82) is 0 Å². The van der Waals surface area contributed by atoms with Gasteiger partial charge < -0.3 is 0 Å². The lowest BCUT2D eigenvalue weighted by Gasteiger charge is -1.91. The van der Waals surface area contributed by atoms with Crippen molar-refractivity contribution in [2.45, 2.75) is 12.8 Å². The van der Waals surface area contributed by atoms with Crippen LogP contribution in [-0.2, 0) is 4.79 Å². The lowest BCUT2D eigenvalue weighted by molar-refractivity contribution is -0.118. The molecule has 0 aromatic carbocycles. The van der Waals surface area contributed by atoms with Crippen LogP contribution in [0.5, 0.6) is 0 Å². The zero-order valence-corrected chi connectivity index (χ0v) is 6.42. The fourth-order valence-corrected chi connectivity index (χ4v) is 0.564. The standard InChI is InChI=1S/C5H8N6O/c6-10-8-3-1-5(12)2-4-9-11-7/h1-4H2. The highest BCUT2D eigenvalue weighted by atomic mass is 16.1. The number of azide groups is 2. The predicted molar refractivity (Wildman–Crippen MR) is 42.3 cm³/mol. The summed E-state index contributed by atoms with van der Waals surface area (Å²) in [5, 5.41) is 6.39. The normalized spacial score (nSPS) is 8.00. The van der Waals surface area contributed by atoms with Crippen molar-refractivity contribution >= 4 is 5.78 Å². The van der Waals surface area contributed by atoms with Crippen LogP contribution < -0.4 is 0 Å². The third-order valence-corrected chi connectivity index (χ3v) is 1.11. The predicted octanol–water partition coefficient (Wildman–Crippen LogP) is 1.96. The van der Waals surface area contributed by atoms with Gasteiger partial charge in [-0.2, -0.15) is 0 Å². The van der Waals surface area contributed by atoms with Gasteiger partial charge in [0, 0.05) is 35.8 Å². The molecular formula is C5H8N6O. The zero-order chi connectivity index (χ0) is 9.23. The maximum Gasteiger partial charge on any atom is 0.133 e. The SMILES string of the molecule is [N-]=[N+]=NCCC(=O)CCN=[N+]=[N-]. The van der Waals surface area contributed by atoms with Crippen molar-refractivity contribution < 1.29 is 4.79 Å². The molecular weight excluding hydrogens is 160 g/mol. The first-order valence-corrected chi connectivity index (χ1v) is 3.34. The summed E-state index contributed by atoms with van der Waals surface area (Å²) in [5.74, 6) is -0.0604. The molecule has 0 aromatic heterocycles. The molecule has 0 spiro atoms. The Morgan fingerprint density at radius 2 is 1.50 bits per heavy atom. The monoisotopic (exact) mass is 168 g/mol. The van der Waals surface area contributed by atoms with Crippen LogP contribution in [-0.4, -0.2) is 18.9 Å². The van der Waals surface area contributed by atoms with Crippen LogP contribution in [0.4, 0.5) is 0 Å². The van der Waals surface area contributed by atoms with E-state index in [-0.39, 0.29) is 31.7 Å². The van der Waals surface area contributed by atoms with E-state index in [1.54, 1.807) is 0 Å². The summed E-state index contributed by atoms with van der Waals surface area (Å²) >= 11 is 0. The maximum absolute atomic E-state index is 10.8. The molecule has 0 fully saturated rings. The lowest BCUT2D eigenvalue weighted by atomic mass is 10.2. The number of carbonyl (C=O) groups excluding carboxylic acids is 1. The van der Waals surface area contributed by atoms with Gasteiger partial charge in [-0.1, -0.05) is 10.2 Å². The maximum atomic E-state index is 10.8. The summed E-state index contributed by atoms with van der Waals surface area (Å²) in [4.78, 5) is 15.8. The van der Waals surface area contributed by atoms with Crippen LogP contribution in [0.1, 0.15) is 12.8 Å². The molecule has 0 rings (SSSR count). The molecule has 0 aliphatic carbocycles. The zero-order valence-electron chi connectivity index (χ0n) is 6.42. The van der Waals surface area contributed by atoms with E-state index in [0.717, 1.165) is 0 Å². The van der Waals surface area contributed by atoms with Crippen molar-refractivity contribution in [2.75, 3.05) is 13.1 Å². The summed E-state index contributed by atoms with van der Waals surface area (Å²) in [6, 6.07) is 0. The largest absolute Gasteiger partial charge is 0.300 e. The van der Waals surface area contributed by atoms with Gasteiger partial charge in [0.25, 0.3) is 0 Å². The summed E-state index contributed by atoms with van der Waals surface area (Å²) in [5.41, 5.74) is 15.7. The molecule has 0 amide bonds. The highest BCUT2D eigenvalue weighted by molar-refractivity contribution is 5.78. The highest BCUT2D eigenvalue weighted by Gasteiger charge is 1.98. The number of hydrogen-bond donors (Lipinski definition) is 0. The smallest absolute Gasteiger partial charge is 0.133 e. The van der Waals surface area contributed by atoms with Gasteiger partial charge in [-0.25, -0.2) is 0 Å². The Balaban J connectivity index is 3.45. The van der Waals surface area contributed by atoms with Crippen molar-refractivity contribution in [3.63, 3.8) is 0 Å². The Labute approximate surface area is 68.6 Å². The second-order valence-electron chi connectivity index (χ2n) is 1.95. The molecule has 0 radical (unpaired) electrons. The van der Waals surface area contributed by atoms with Crippen LogP contribution in [0.25, 0.3) is 20.9 Å². The minimum atomic E-state index is -0.0604. The third kappa shape index (κ3) is 6.41. The Hall–Kier alpha value is -1.71. The minimum Gasteiger partial charge on any atom is -0.300 e. The van der Waals surface area contributed by atoms with Crippen LogP contribution in [0.2, 0.25) is 0 Å². The summed E-state index contributed by atoms with van der Waals surface area (Å²) in [6.07, 6.45) is 0.427. The van der Waals surface area contributed by atoms with Crippen LogP contribution in [0.3, 0.4) is 0 Å². The highest BCUT2D eigenvalue weighted by Crippen LogP contribution is 1.91. The topological polar surface area (TPSA) is 115 Å². The quantitative estimate of drug-likeness (QED) is 0.336. The summed E-state index contributed by atoms with van der Waals surface area (Å²) < 4.78 is 0. The van der Waals surface area contributed by atoms with E-state index in [1.807, 2.05) is 0 Å². The van der Waals surface area contributed by atoms with Crippen LogP contribution in [0, 0.1) is 0 Å². The molecule has 64 valence electrons. The molecule has 0 bridgehead atoms. The number of hydrogen-bond acceptors (Lipinski definition) is 3. The third-order valence-electron chi connectivity index (χ3n) is 1.11. The first-order chi connectivity index (χ1) is 5.81. The van der Waals surface area contributed by atoms with Crippen molar-refractivity contribution in [1.82, 2.24) is 0 Å². The van der Waals surface area contributed by atoms with E-state index in [2.05, 4.69) is 20.1 Å². The molecule has 0 atom stereocenters. The lowest BCUT2D eigenvalue weighted by Crippen LogP contribution is -2.00. The van der Waals surface area contributed by atoms with Gasteiger partial charge in [-0.05, 0) is 11.1 Å². The number of nitrogens with zero attached hydrogens (tertiary/aromatic N) is 6. The molecule has 0 N–H and O–H groups in total. The fraction of sp³-hybridized carbons (Fsp3) is 0.800. The van der Waals surface area contributed by atoms with E-state index >= 15 is 0 Å². The van der Waals surface area contributed by atoms with E-state index in [9.17, 15) is 4.79 Å². The minimum absolute atomic E-state index is 0.0604. The van der Waals surface area contributed by atoms with Gasteiger partial charge in [0.15, 0.2) is 0 Å². The van der Waals surface area contributed by atoms with Gasteiger partial charge in [0.05, 0.1) is 0 Å². The molecule has 0 unspecified atom stereocenters. The van der Waals surface area contributed by atoms with Gasteiger partial charge in [0.1, 0.15) is 5.78 Å². The molecule has 12 heavy (non-hydrogen) atoms.